The topological polar surface area (TPSA) is 39.1 Å². The minimum absolute atomic E-state index is 0.400. The Hall–Kier alpha value is -1.81. The van der Waals surface area contributed by atoms with Crippen LogP contribution in [-0.4, -0.2) is 23.2 Å². The van der Waals surface area contributed by atoms with Gasteiger partial charge >= 0.3 is 0 Å². The second kappa shape index (κ2) is 5.53. The number of imidazole rings is 1. The molecule has 0 unspecified atom stereocenters. The fourth-order valence-corrected chi connectivity index (χ4v) is 2.99. The van der Waals surface area contributed by atoms with Gasteiger partial charge in [0, 0.05) is 31.1 Å². The number of hydrogen-bond donors (Lipinski definition) is 1. The molecule has 4 nitrogen and oxygen atoms in total. The molecule has 21 heavy (non-hydrogen) atoms. The van der Waals surface area contributed by atoms with E-state index in [4.69, 9.17) is 9.72 Å². The maximum atomic E-state index is 5.32. The van der Waals surface area contributed by atoms with Crippen LogP contribution in [0, 0.1) is 6.92 Å². The van der Waals surface area contributed by atoms with Crippen molar-refractivity contribution >= 4 is 0 Å². The van der Waals surface area contributed by atoms with Gasteiger partial charge in [-0.15, -0.1) is 0 Å². The molecule has 2 heterocycles. The van der Waals surface area contributed by atoms with Gasteiger partial charge in [-0.3, -0.25) is 4.57 Å². The normalized spacial score (nSPS) is 14.3. The Morgan fingerprint density at radius 2 is 2.14 bits per heavy atom. The van der Waals surface area contributed by atoms with Crippen molar-refractivity contribution in [1.29, 1.82) is 0 Å². The summed E-state index contributed by atoms with van der Waals surface area (Å²) in [6, 6.07) is 6.26. The van der Waals surface area contributed by atoms with Gasteiger partial charge in [0.15, 0.2) is 0 Å². The monoisotopic (exact) mass is 285 g/mol. The first kappa shape index (κ1) is 14.1. The summed E-state index contributed by atoms with van der Waals surface area (Å²) in [5.74, 6) is 2.45. The maximum absolute atomic E-state index is 5.32. The van der Waals surface area contributed by atoms with Gasteiger partial charge in [-0.05, 0) is 30.7 Å². The zero-order valence-corrected chi connectivity index (χ0v) is 13.2. The summed E-state index contributed by atoms with van der Waals surface area (Å²) in [6.45, 7) is 8.44. The fraction of sp³-hybridized carbons (Fsp3) is 0.471. The maximum Gasteiger partial charge on any atom is 0.119 e. The van der Waals surface area contributed by atoms with Gasteiger partial charge < -0.3 is 10.1 Å². The lowest BCUT2D eigenvalue weighted by Gasteiger charge is -2.19. The van der Waals surface area contributed by atoms with E-state index in [0.717, 1.165) is 31.1 Å². The molecule has 0 aliphatic carbocycles. The van der Waals surface area contributed by atoms with Crippen molar-refractivity contribution in [3.05, 3.63) is 41.0 Å². The molecule has 0 saturated heterocycles. The van der Waals surface area contributed by atoms with Gasteiger partial charge in [-0.25, -0.2) is 4.98 Å². The zero-order valence-electron chi connectivity index (χ0n) is 13.2. The third-order valence-electron chi connectivity index (χ3n) is 4.07. The minimum atomic E-state index is 0.400. The number of nitrogens with zero attached hydrogens (tertiary/aromatic N) is 2. The highest BCUT2D eigenvalue weighted by Gasteiger charge is 2.23. The molecule has 0 radical (unpaired) electrons. The Morgan fingerprint density at radius 1 is 1.33 bits per heavy atom. The van der Waals surface area contributed by atoms with Gasteiger partial charge in [0.1, 0.15) is 11.6 Å². The van der Waals surface area contributed by atoms with Gasteiger partial charge in [0.2, 0.25) is 0 Å². The van der Waals surface area contributed by atoms with Gasteiger partial charge in [0.05, 0.1) is 18.5 Å². The third-order valence-corrected chi connectivity index (χ3v) is 4.07. The third kappa shape index (κ3) is 2.44. The van der Waals surface area contributed by atoms with E-state index in [2.05, 4.69) is 42.8 Å². The first-order valence-electron chi connectivity index (χ1n) is 7.58. The Kier molecular flexibility index (Phi) is 3.72. The molecule has 0 atom stereocenters. The lowest BCUT2D eigenvalue weighted by Crippen LogP contribution is -2.25. The molecular weight excluding hydrogens is 262 g/mol. The SMILES string of the molecule is COc1ccc(-n2c(C(C)C)nc3c2CCNC3)c(C)c1. The van der Waals surface area contributed by atoms with Crippen LogP contribution in [0.25, 0.3) is 5.69 Å². The predicted molar refractivity (Wildman–Crippen MR) is 84.4 cm³/mol. The summed E-state index contributed by atoms with van der Waals surface area (Å²) in [6.07, 6.45) is 1.03. The van der Waals surface area contributed by atoms with E-state index < -0.39 is 0 Å². The molecule has 0 spiro atoms. The molecule has 0 amide bonds. The van der Waals surface area contributed by atoms with Crippen molar-refractivity contribution in [2.45, 2.75) is 39.7 Å². The lowest BCUT2D eigenvalue weighted by molar-refractivity contribution is 0.414. The molecule has 1 N–H and O–H groups in total. The number of nitrogens with one attached hydrogen (secondary N) is 1. The van der Waals surface area contributed by atoms with Crippen molar-refractivity contribution in [3.8, 4) is 11.4 Å². The largest absolute Gasteiger partial charge is 0.497 e. The first-order chi connectivity index (χ1) is 10.1. The molecule has 112 valence electrons. The van der Waals surface area contributed by atoms with E-state index in [9.17, 15) is 0 Å². The number of benzene rings is 1. The van der Waals surface area contributed by atoms with Crippen LogP contribution in [0.5, 0.6) is 5.75 Å². The average Bonchev–Trinajstić information content (AvgIpc) is 2.86. The zero-order chi connectivity index (χ0) is 15.0. The van der Waals surface area contributed by atoms with Crippen molar-refractivity contribution in [2.75, 3.05) is 13.7 Å². The Balaban J connectivity index is 2.19. The Bertz CT molecular complexity index is 658. The smallest absolute Gasteiger partial charge is 0.119 e. The summed E-state index contributed by atoms with van der Waals surface area (Å²) in [5, 5.41) is 3.41. The van der Waals surface area contributed by atoms with Crippen LogP contribution < -0.4 is 10.1 Å². The lowest BCUT2D eigenvalue weighted by atomic mass is 10.1. The number of ether oxygens (including phenoxy) is 1. The van der Waals surface area contributed by atoms with E-state index in [-0.39, 0.29) is 0 Å². The summed E-state index contributed by atoms with van der Waals surface area (Å²) in [4.78, 5) is 4.88. The minimum Gasteiger partial charge on any atom is -0.497 e. The molecule has 1 aliphatic rings. The number of aryl methyl sites for hydroxylation is 1. The van der Waals surface area contributed by atoms with Crippen LogP contribution in [0.2, 0.25) is 0 Å². The number of rotatable bonds is 3. The molecule has 1 aliphatic heterocycles. The fourth-order valence-electron chi connectivity index (χ4n) is 2.99. The summed E-state index contributed by atoms with van der Waals surface area (Å²) < 4.78 is 7.68. The number of methoxy groups -OCH3 is 1. The van der Waals surface area contributed by atoms with Gasteiger partial charge in [-0.1, -0.05) is 13.8 Å². The summed E-state index contributed by atoms with van der Waals surface area (Å²) in [5.41, 5.74) is 4.98. The van der Waals surface area contributed by atoms with Crippen LogP contribution in [-0.2, 0) is 13.0 Å². The first-order valence-corrected chi connectivity index (χ1v) is 7.58. The summed E-state index contributed by atoms with van der Waals surface area (Å²) in [7, 11) is 1.71. The quantitative estimate of drug-likeness (QED) is 0.942. The molecule has 2 aromatic rings. The van der Waals surface area contributed by atoms with Crippen LogP contribution in [0.15, 0.2) is 18.2 Å². The summed E-state index contributed by atoms with van der Waals surface area (Å²) >= 11 is 0. The van der Waals surface area contributed by atoms with Crippen LogP contribution in [0.3, 0.4) is 0 Å². The van der Waals surface area contributed by atoms with Gasteiger partial charge in [0.25, 0.3) is 0 Å². The molecule has 3 rings (SSSR count). The molecule has 1 aromatic carbocycles. The van der Waals surface area contributed by atoms with Crippen LogP contribution in [0.4, 0.5) is 0 Å². The Labute approximate surface area is 126 Å². The average molecular weight is 285 g/mol. The predicted octanol–water partition coefficient (Wildman–Crippen LogP) is 2.96. The van der Waals surface area contributed by atoms with E-state index in [0.29, 0.717) is 5.92 Å². The highest BCUT2D eigenvalue weighted by Crippen LogP contribution is 2.29. The van der Waals surface area contributed by atoms with E-state index in [1.807, 2.05) is 6.07 Å². The van der Waals surface area contributed by atoms with Crippen molar-refractivity contribution < 1.29 is 4.74 Å². The standard InChI is InChI=1S/C17H23N3O/c1-11(2)17-19-14-10-18-8-7-16(14)20(17)15-6-5-13(21-4)9-12(15)3/h5-6,9,11,18H,7-8,10H2,1-4H3. The highest BCUT2D eigenvalue weighted by molar-refractivity contribution is 5.48. The molecule has 4 heteroatoms. The van der Waals surface area contributed by atoms with Crippen molar-refractivity contribution in [3.63, 3.8) is 0 Å². The number of aromatic nitrogens is 2. The van der Waals surface area contributed by atoms with Crippen molar-refractivity contribution in [1.82, 2.24) is 14.9 Å². The van der Waals surface area contributed by atoms with E-state index in [1.165, 1.54) is 22.6 Å². The second-order valence-electron chi connectivity index (χ2n) is 5.93. The number of hydrogen-bond acceptors (Lipinski definition) is 3. The highest BCUT2D eigenvalue weighted by atomic mass is 16.5. The molecule has 0 bridgehead atoms. The second-order valence-corrected chi connectivity index (χ2v) is 5.93. The Morgan fingerprint density at radius 3 is 2.81 bits per heavy atom. The van der Waals surface area contributed by atoms with E-state index >= 15 is 0 Å². The van der Waals surface area contributed by atoms with Crippen LogP contribution in [0.1, 0.15) is 42.5 Å². The van der Waals surface area contributed by atoms with Crippen LogP contribution >= 0.6 is 0 Å². The molecule has 1 aromatic heterocycles. The number of fused-ring (bicyclic) bond motifs is 1. The molecule has 0 fully saturated rings. The van der Waals surface area contributed by atoms with Crippen molar-refractivity contribution in [2.24, 2.45) is 0 Å². The van der Waals surface area contributed by atoms with Gasteiger partial charge in [-0.2, -0.15) is 0 Å². The molecule has 0 saturated carbocycles. The van der Waals surface area contributed by atoms with E-state index in [1.54, 1.807) is 7.11 Å². The molecular formula is C17H23N3O.